The van der Waals surface area contributed by atoms with Gasteiger partial charge in [0.2, 0.25) is 0 Å². The van der Waals surface area contributed by atoms with Crippen LogP contribution in [0.1, 0.15) is 62.0 Å². The van der Waals surface area contributed by atoms with E-state index in [1.165, 1.54) is 49.7 Å². The summed E-state index contributed by atoms with van der Waals surface area (Å²) in [6.45, 7) is 0. The molecule has 120 valence electrons. The molecule has 1 nitrogen and oxygen atoms in total. The Kier molecular flexibility index (Phi) is 3.02. The molecule has 5 aliphatic rings. The minimum atomic E-state index is 0.281. The molecule has 1 aromatic rings. The fourth-order valence-corrected chi connectivity index (χ4v) is 6.48. The van der Waals surface area contributed by atoms with Gasteiger partial charge in [0.05, 0.1) is 0 Å². The molecule has 1 N–H and O–H groups in total. The van der Waals surface area contributed by atoms with Gasteiger partial charge in [-0.1, -0.05) is 36.4 Å². The van der Waals surface area contributed by atoms with Gasteiger partial charge in [-0.2, -0.15) is 0 Å². The monoisotopic (exact) mass is 306 g/mol. The summed E-state index contributed by atoms with van der Waals surface area (Å²) in [7, 11) is 0. The topological polar surface area (TPSA) is 20.2 Å². The maximum absolute atomic E-state index is 10.7. The molecule has 4 fully saturated rings. The first kappa shape index (κ1) is 13.9. The van der Waals surface area contributed by atoms with Crippen molar-refractivity contribution in [1.82, 2.24) is 0 Å². The Bertz CT molecular complexity index is 646. The zero-order chi connectivity index (χ0) is 15.4. The predicted octanol–water partition coefficient (Wildman–Crippen LogP) is 5.46. The van der Waals surface area contributed by atoms with Gasteiger partial charge in [0.15, 0.2) is 0 Å². The molecule has 1 heteroatoms. The number of rotatable bonds is 2. The Morgan fingerprint density at radius 1 is 0.913 bits per heavy atom. The number of phenols is 1. The van der Waals surface area contributed by atoms with Crippen LogP contribution in [0.25, 0.3) is 0 Å². The minimum absolute atomic E-state index is 0.281. The maximum Gasteiger partial charge on any atom is 0.119 e. The van der Waals surface area contributed by atoms with Crippen LogP contribution in [0.2, 0.25) is 0 Å². The average Bonchev–Trinajstić information content (AvgIpc) is 2.55. The first-order valence-corrected chi connectivity index (χ1v) is 9.39. The molecule has 4 saturated carbocycles. The Balaban J connectivity index is 1.55. The highest BCUT2D eigenvalue weighted by molar-refractivity contribution is 5.45. The Hall–Kier alpha value is -1.50. The van der Waals surface area contributed by atoms with Crippen LogP contribution in [0, 0.1) is 17.8 Å². The molecule has 6 rings (SSSR count). The van der Waals surface area contributed by atoms with Crippen LogP contribution in [0.3, 0.4) is 0 Å². The lowest BCUT2D eigenvalue weighted by atomic mass is 9.48. The second-order valence-electron chi connectivity index (χ2n) is 8.63. The van der Waals surface area contributed by atoms with Crippen LogP contribution in [-0.2, 0) is 5.41 Å². The number of allylic oxidation sites excluding steroid dienone is 4. The normalized spacial score (nSPS) is 40.7. The average molecular weight is 306 g/mol. The highest BCUT2D eigenvalue weighted by Gasteiger charge is 2.52. The van der Waals surface area contributed by atoms with Gasteiger partial charge >= 0.3 is 0 Å². The molecular formula is C22H26O. The molecule has 5 aliphatic carbocycles. The van der Waals surface area contributed by atoms with Crippen molar-refractivity contribution in [3.63, 3.8) is 0 Å². The second-order valence-corrected chi connectivity index (χ2v) is 8.63. The van der Waals surface area contributed by atoms with Gasteiger partial charge in [-0.05, 0) is 79.7 Å². The molecule has 0 saturated heterocycles. The highest BCUT2D eigenvalue weighted by Crippen LogP contribution is 2.62. The van der Waals surface area contributed by atoms with Crippen LogP contribution in [0.15, 0.2) is 42.5 Å². The molecular weight excluding hydrogens is 280 g/mol. The smallest absolute Gasteiger partial charge is 0.119 e. The SMILES string of the molecule is Oc1ccc(C2C=CC=CC2)cc1C12CC3CC(CC(C3)C1)C2. The van der Waals surface area contributed by atoms with Crippen LogP contribution < -0.4 is 0 Å². The minimum Gasteiger partial charge on any atom is -0.508 e. The molecule has 0 aliphatic heterocycles. The third-order valence-corrected chi connectivity index (χ3v) is 7.04. The highest BCUT2D eigenvalue weighted by atomic mass is 16.3. The van der Waals surface area contributed by atoms with Crippen molar-refractivity contribution in [3.05, 3.63) is 53.6 Å². The lowest BCUT2D eigenvalue weighted by molar-refractivity contribution is -0.00617. The van der Waals surface area contributed by atoms with Gasteiger partial charge in [-0.15, -0.1) is 0 Å². The molecule has 1 unspecified atom stereocenters. The summed E-state index contributed by atoms with van der Waals surface area (Å²) in [6.07, 6.45) is 18.2. The molecule has 0 spiro atoms. The van der Waals surface area contributed by atoms with E-state index in [-0.39, 0.29) is 5.41 Å². The van der Waals surface area contributed by atoms with Crippen molar-refractivity contribution in [1.29, 1.82) is 0 Å². The van der Waals surface area contributed by atoms with Gasteiger partial charge in [-0.3, -0.25) is 0 Å². The van der Waals surface area contributed by atoms with E-state index in [2.05, 4.69) is 36.4 Å². The number of hydrogen-bond donors (Lipinski definition) is 1. The largest absolute Gasteiger partial charge is 0.508 e. The Morgan fingerprint density at radius 2 is 1.61 bits per heavy atom. The van der Waals surface area contributed by atoms with Crippen molar-refractivity contribution in [2.75, 3.05) is 0 Å². The lowest BCUT2D eigenvalue weighted by Gasteiger charge is -2.57. The molecule has 4 bridgehead atoms. The third-order valence-electron chi connectivity index (χ3n) is 7.04. The van der Waals surface area contributed by atoms with Gasteiger partial charge in [-0.25, -0.2) is 0 Å². The zero-order valence-electron chi connectivity index (χ0n) is 13.7. The molecule has 1 atom stereocenters. The first-order chi connectivity index (χ1) is 11.2. The summed E-state index contributed by atoms with van der Waals surface area (Å²) in [5.41, 5.74) is 2.94. The second kappa shape index (κ2) is 5.00. The first-order valence-electron chi connectivity index (χ1n) is 9.39. The number of aromatic hydroxyl groups is 1. The van der Waals surface area contributed by atoms with E-state index in [4.69, 9.17) is 0 Å². The Morgan fingerprint density at radius 3 is 2.22 bits per heavy atom. The Labute approximate surface area is 139 Å². The molecule has 0 aromatic heterocycles. The summed E-state index contributed by atoms with van der Waals surface area (Å²) in [5, 5.41) is 10.7. The van der Waals surface area contributed by atoms with Gasteiger partial charge in [0.1, 0.15) is 5.75 Å². The summed E-state index contributed by atoms with van der Waals surface area (Å²) < 4.78 is 0. The van der Waals surface area contributed by atoms with Crippen molar-refractivity contribution in [2.24, 2.45) is 17.8 Å². The fraction of sp³-hybridized carbons (Fsp3) is 0.545. The van der Waals surface area contributed by atoms with E-state index in [0.717, 1.165) is 24.2 Å². The number of hydrogen-bond acceptors (Lipinski definition) is 1. The van der Waals surface area contributed by atoms with Gasteiger partial charge < -0.3 is 5.11 Å². The summed E-state index contributed by atoms with van der Waals surface area (Å²) in [4.78, 5) is 0. The van der Waals surface area contributed by atoms with E-state index in [1.54, 1.807) is 0 Å². The van der Waals surface area contributed by atoms with E-state index < -0.39 is 0 Å². The van der Waals surface area contributed by atoms with Crippen LogP contribution in [0.5, 0.6) is 5.75 Å². The standard InChI is InChI=1S/C22H26O/c23-21-7-6-19(18-4-2-1-3-5-18)11-20(21)22-12-15-8-16(13-22)10-17(9-15)14-22/h1-4,6-7,11,15-18,23H,5,8-10,12-14H2. The molecule has 23 heavy (non-hydrogen) atoms. The van der Waals surface area contributed by atoms with E-state index in [0.29, 0.717) is 11.7 Å². The predicted molar refractivity (Wildman–Crippen MR) is 93.6 cm³/mol. The summed E-state index contributed by atoms with van der Waals surface area (Å²) >= 11 is 0. The van der Waals surface area contributed by atoms with Crippen LogP contribution in [0.4, 0.5) is 0 Å². The van der Waals surface area contributed by atoms with Crippen molar-refractivity contribution in [2.45, 2.75) is 56.3 Å². The maximum atomic E-state index is 10.7. The van der Waals surface area contributed by atoms with E-state index >= 15 is 0 Å². The van der Waals surface area contributed by atoms with E-state index in [1.807, 2.05) is 6.07 Å². The number of benzene rings is 1. The quantitative estimate of drug-likeness (QED) is 0.769. The fourth-order valence-electron chi connectivity index (χ4n) is 6.48. The molecule has 0 radical (unpaired) electrons. The van der Waals surface area contributed by atoms with Crippen molar-refractivity contribution >= 4 is 0 Å². The van der Waals surface area contributed by atoms with E-state index in [9.17, 15) is 5.11 Å². The summed E-state index contributed by atoms with van der Waals surface area (Å²) in [5.74, 6) is 3.78. The summed E-state index contributed by atoms with van der Waals surface area (Å²) in [6, 6.07) is 6.46. The molecule has 1 aromatic carbocycles. The van der Waals surface area contributed by atoms with Gasteiger partial charge in [0, 0.05) is 11.5 Å². The van der Waals surface area contributed by atoms with Gasteiger partial charge in [0.25, 0.3) is 0 Å². The lowest BCUT2D eigenvalue weighted by Crippen LogP contribution is -2.48. The van der Waals surface area contributed by atoms with Crippen molar-refractivity contribution in [3.8, 4) is 5.75 Å². The third kappa shape index (κ3) is 2.20. The van der Waals surface area contributed by atoms with Crippen LogP contribution >= 0.6 is 0 Å². The molecule has 0 heterocycles. The molecule has 0 amide bonds. The zero-order valence-corrected chi connectivity index (χ0v) is 13.7. The van der Waals surface area contributed by atoms with Crippen LogP contribution in [-0.4, -0.2) is 5.11 Å². The van der Waals surface area contributed by atoms with Crippen molar-refractivity contribution < 1.29 is 5.11 Å². The number of phenolic OH excluding ortho intramolecular Hbond substituents is 1.